The highest BCUT2D eigenvalue weighted by Gasteiger charge is 2.38. The molecule has 1 aromatic rings. The molecule has 1 aromatic carbocycles. The summed E-state index contributed by atoms with van der Waals surface area (Å²) in [6.45, 7) is 0.582. The average molecular weight is 293 g/mol. The monoisotopic (exact) mass is 292 g/mol. The number of halogens is 1. The molecule has 1 atom stereocenters. The van der Waals surface area contributed by atoms with E-state index in [0.29, 0.717) is 6.54 Å². The molecular weight excluding hydrogens is 280 g/mol. The van der Waals surface area contributed by atoms with Gasteiger partial charge in [-0.3, -0.25) is 4.79 Å². The maximum Gasteiger partial charge on any atom is 0.251 e. The number of hydrogen-bond donors (Lipinski definition) is 0. The highest BCUT2D eigenvalue weighted by atomic mass is 79.9. The molecule has 0 aromatic heterocycles. The van der Waals surface area contributed by atoms with Crippen LogP contribution in [0, 0.1) is 5.92 Å². The number of nitrogens with zero attached hydrogens (tertiary/aromatic N) is 2. The summed E-state index contributed by atoms with van der Waals surface area (Å²) in [6.07, 6.45) is 3.08. The van der Waals surface area contributed by atoms with E-state index in [1.54, 1.807) is 5.01 Å². The molecule has 1 saturated carbocycles. The molecule has 3 nitrogen and oxygen atoms in total. The molecule has 2 aliphatic rings. The van der Waals surface area contributed by atoms with Gasteiger partial charge in [0, 0.05) is 4.47 Å². The van der Waals surface area contributed by atoms with Crippen LogP contribution in [0.1, 0.15) is 24.8 Å². The lowest BCUT2D eigenvalue weighted by molar-refractivity contribution is -0.132. The summed E-state index contributed by atoms with van der Waals surface area (Å²) in [5.74, 6) is 0.264. The first kappa shape index (κ1) is 11.0. The molecule has 0 spiro atoms. The van der Waals surface area contributed by atoms with Crippen molar-refractivity contribution in [3.8, 4) is 0 Å². The number of fused-ring (bicyclic) bond motifs is 1. The van der Waals surface area contributed by atoms with Crippen LogP contribution < -0.4 is 0 Å². The third-order valence-electron chi connectivity index (χ3n) is 3.35. The van der Waals surface area contributed by atoms with Crippen LogP contribution in [0.5, 0.6) is 0 Å². The van der Waals surface area contributed by atoms with Crippen molar-refractivity contribution in [1.82, 2.24) is 5.01 Å². The van der Waals surface area contributed by atoms with Crippen LogP contribution in [0.2, 0.25) is 0 Å². The number of amides is 1. The molecule has 1 aliphatic heterocycles. The van der Waals surface area contributed by atoms with Crippen molar-refractivity contribution in [3.63, 3.8) is 0 Å². The topological polar surface area (TPSA) is 32.7 Å². The molecule has 4 heteroatoms. The van der Waals surface area contributed by atoms with Crippen molar-refractivity contribution < 1.29 is 4.79 Å². The Morgan fingerprint density at radius 2 is 2.35 bits per heavy atom. The Hall–Kier alpha value is -1.16. The SMILES string of the molecule is O=C1C2CCCC2=NN1Cc1cccc(Br)c1. The van der Waals surface area contributed by atoms with Crippen molar-refractivity contribution in [1.29, 1.82) is 0 Å². The van der Waals surface area contributed by atoms with E-state index in [4.69, 9.17) is 0 Å². The molecule has 1 heterocycles. The van der Waals surface area contributed by atoms with E-state index in [0.717, 1.165) is 35.0 Å². The van der Waals surface area contributed by atoms with E-state index >= 15 is 0 Å². The minimum atomic E-state index is 0.0853. The summed E-state index contributed by atoms with van der Waals surface area (Å²) < 4.78 is 1.04. The van der Waals surface area contributed by atoms with Crippen molar-refractivity contribution in [2.75, 3.05) is 0 Å². The van der Waals surface area contributed by atoms with Crippen LogP contribution in [0.4, 0.5) is 0 Å². The van der Waals surface area contributed by atoms with Gasteiger partial charge < -0.3 is 0 Å². The lowest BCUT2D eigenvalue weighted by Gasteiger charge is -2.13. The maximum absolute atomic E-state index is 12.1. The van der Waals surface area contributed by atoms with Gasteiger partial charge in [-0.1, -0.05) is 28.1 Å². The van der Waals surface area contributed by atoms with E-state index in [2.05, 4.69) is 21.0 Å². The Morgan fingerprint density at radius 3 is 3.12 bits per heavy atom. The Kier molecular flexibility index (Phi) is 2.74. The molecule has 3 rings (SSSR count). The van der Waals surface area contributed by atoms with Crippen LogP contribution in [-0.2, 0) is 11.3 Å². The van der Waals surface area contributed by atoms with Crippen LogP contribution >= 0.6 is 15.9 Å². The molecule has 17 heavy (non-hydrogen) atoms. The van der Waals surface area contributed by atoms with E-state index in [1.165, 1.54) is 0 Å². The zero-order valence-corrected chi connectivity index (χ0v) is 11.0. The van der Waals surface area contributed by atoms with Crippen molar-refractivity contribution >= 4 is 27.5 Å². The third kappa shape index (κ3) is 2.02. The summed E-state index contributed by atoms with van der Waals surface area (Å²) in [7, 11) is 0. The number of benzene rings is 1. The first-order valence-electron chi connectivity index (χ1n) is 5.87. The molecule has 0 radical (unpaired) electrons. The maximum atomic E-state index is 12.1. The lowest BCUT2D eigenvalue weighted by Crippen LogP contribution is -2.25. The molecular formula is C13H13BrN2O. The van der Waals surface area contributed by atoms with Gasteiger partial charge in [0.05, 0.1) is 18.2 Å². The summed E-state index contributed by atoms with van der Waals surface area (Å²) in [4.78, 5) is 12.1. The normalized spacial score (nSPS) is 22.9. The van der Waals surface area contributed by atoms with Gasteiger partial charge in [0.25, 0.3) is 5.91 Å². The molecule has 1 amide bonds. The largest absolute Gasteiger partial charge is 0.272 e. The Balaban J connectivity index is 1.79. The van der Waals surface area contributed by atoms with Crippen molar-refractivity contribution in [2.45, 2.75) is 25.8 Å². The lowest BCUT2D eigenvalue weighted by atomic mass is 10.1. The molecule has 88 valence electrons. The second kappa shape index (κ2) is 4.26. The second-order valence-corrected chi connectivity index (χ2v) is 5.48. The van der Waals surface area contributed by atoms with Crippen LogP contribution in [0.15, 0.2) is 33.8 Å². The number of carbonyl (C=O) groups excluding carboxylic acids is 1. The average Bonchev–Trinajstić information content (AvgIpc) is 2.84. The van der Waals surface area contributed by atoms with Gasteiger partial charge in [-0.25, -0.2) is 5.01 Å². The fourth-order valence-corrected chi connectivity index (χ4v) is 2.97. The first-order chi connectivity index (χ1) is 8.24. The third-order valence-corrected chi connectivity index (χ3v) is 3.84. The van der Waals surface area contributed by atoms with E-state index in [-0.39, 0.29) is 11.8 Å². The summed E-state index contributed by atoms with van der Waals surface area (Å²) >= 11 is 3.44. The van der Waals surface area contributed by atoms with Gasteiger partial charge in [0.2, 0.25) is 0 Å². The number of hydrogen-bond acceptors (Lipinski definition) is 2. The van der Waals surface area contributed by atoms with E-state index < -0.39 is 0 Å². The molecule has 0 bridgehead atoms. The predicted molar refractivity (Wildman–Crippen MR) is 69.5 cm³/mol. The minimum absolute atomic E-state index is 0.0853. The highest BCUT2D eigenvalue weighted by molar-refractivity contribution is 9.10. The van der Waals surface area contributed by atoms with Gasteiger partial charge >= 0.3 is 0 Å². The summed E-state index contributed by atoms with van der Waals surface area (Å²) in [5, 5.41) is 6.07. The molecule has 0 N–H and O–H groups in total. The zero-order valence-electron chi connectivity index (χ0n) is 9.40. The standard InChI is InChI=1S/C13H13BrN2O/c14-10-4-1-3-9(7-10)8-16-13(17)11-5-2-6-12(11)15-16/h1,3-4,7,11H,2,5-6,8H2. The van der Waals surface area contributed by atoms with Crippen molar-refractivity contribution in [3.05, 3.63) is 34.3 Å². The molecule has 1 fully saturated rings. The van der Waals surface area contributed by atoms with Gasteiger partial charge in [-0.05, 0) is 37.0 Å². The van der Waals surface area contributed by atoms with Gasteiger partial charge in [-0.15, -0.1) is 0 Å². The zero-order chi connectivity index (χ0) is 11.8. The molecule has 0 saturated heterocycles. The van der Waals surface area contributed by atoms with Gasteiger partial charge in [0.1, 0.15) is 0 Å². The Labute approximate surface area is 109 Å². The fourth-order valence-electron chi connectivity index (χ4n) is 2.52. The Morgan fingerprint density at radius 1 is 1.47 bits per heavy atom. The number of hydrazone groups is 1. The van der Waals surface area contributed by atoms with Gasteiger partial charge in [0.15, 0.2) is 0 Å². The summed E-state index contributed by atoms with van der Waals surface area (Å²) in [6, 6.07) is 8.01. The molecule has 1 unspecified atom stereocenters. The second-order valence-electron chi connectivity index (χ2n) is 4.56. The van der Waals surface area contributed by atoms with Crippen LogP contribution in [-0.4, -0.2) is 16.6 Å². The highest BCUT2D eigenvalue weighted by Crippen LogP contribution is 2.31. The first-order valence-corrected chi connectivity index (χ1v) is 6.66. The molecule has 1 aliphatic carbocycles. The minimum Gasteiger partial charge on any atom is -0.272 e. The smallest absolute Gasteiger partial charge is 0.251 e. The number of carbonyl (C=O) groups is 1. The van der Waals surface area contributed by atoms with E-state index in [1.807, 2.05) is 24.3 Å². The fraction of sp³-hybridized carbons (Fsp3) is 0.385. The number of rotatable bonds is 2. The van der Waals surface area contributed by atoms with Crippen molar-refractivity contribution in [2.24, 2.45) is 11.0 Å². The van der Waals surface area contributed by atoms with E-state index in [9.17, 15) is 4.79 Å². The Bertz CT molecular complexity index is 498. The van der Waals surface area contributed by atoms with Gasteiger partial charge in [-0.2, -0.15) is 5.10 Å². The summed E-state index contributed by atoms with van der Waals surface area (Å²) in [5.41, 5.74) is 2.20. The van der Waals surface area contributed by atoms with Crippen LogP contribution in [0.3, 0.4) is 0 Å². The quantitative estimate of drug-likeness (QED) is 0.825. The van der Waals surface area contributed by atoms with Crippen LogP contribution in [0.25, 0.3) is 0 Å². The predicted octanol–water partition coefficient (Wildman–Crippen LogP) is 2.95.